The lowest BCUT2D eigenvalue weighted by Gasteiger charge is -2.49. The van der Waals surface area contributed by atoms with E-state index in [1.54, 1.807) is 0 Å². The number of aliphatic hydroxyl groups excluding tert-OH is 1. The molecular formula is C12H26N2O. The van der Waals surface area contributed by atoms with Gasteiger partial charge in [-0.1, -0.05) is 0 Å². The molecule has 1 heterocycles. The quantitative estimate of drug-likeness (QED) is 0.662. The van der Waals surface area contributed by atoms with Crippen molar-refractivity contribution in [3.8, 4) is 0 Å². The van der Waals surface area contributed by atoms with Gasteiger partial charge in [0.2, 0.25) is 0 Å². The van der Waals surface area contributed by atoms with E-state index >= 15 is 0 Å². The highest BCUT2D eigenvalue weighted by atomic mass is 16.3. The highest BCUT2D eigenvalue weighted by molar-refractivity contribution is 4.88. The van der Waals surface area contributed by atoms with E-state index in [0.717, 1.165) is 19.8 Å². The molecule has 3 heteroatoms. The van der Waals surface area contributed by atoms with Gasteiger partial charge in [0.1, 0.15) is 0 Å². The van der Waals surface area contributed by atoms with Crippen molar-refractivity contribution in [3.05, 3.63) is 0 Å². The average Bonchev–Trinajstić information content (AvgIpc) is 1.99. The fraction of sp³-hybridized carbons (Fsp3) is 1.00. The van der Waals surface area contributed by atoms with E-state index in [1.165, 1.54) is 0 Å². The van der Waals surface area contributed by atoms with E-state index < -0.39 is 0 Å². The molecule has 3 nitrogen and oxygen atoms in total. The Bertz CT molecular complexity index is 193. The highest BCUT2D eigenvalue weighted by Gasteiger charge is 2.34. The van der Waals surface area contributed by atoms with Gasteiger partial charge in [0.25, 0.3) is 0 Å². The zero-order valence-corrected chi connectivity index (χ0v) is 11.0. The van der Waals surface area contributed by atoms with Crippen LogP contribution in [0.15, 0.2) is 0 Å². The Morgan fingerprint density at radius 3 is 1.47 bits per heavy atom. The highest BCUT2D eigenvalue weighted by Crippen LogP contribution is 2.23. The summed E-state index contributed by atoms with van der Waals surface area (Å²) in [5.74, 6) is 0. The standard InChI is InChI=1S/C12H26N2O/c1-11(2,3)13-7-10(15)8-14(9-13)12(4,5)6/h10,15H,7-9H2,1-6H3. The SMILES string of the molecule is CC(C)(C)N1CC(O)CN(C(C)(C)C)C1. The lowest BCUT2D eigenvalue weighted by Crippen LogP contribution is -2.61. The van der Waals surface area contributed by atoms with Gasteiger partial charge in [0.15, 0.2) is 0 Å². The molecule has 0 atom stereocenters. The first kappa shape index (κ1) is 12.9. The topological polar surface area (TPSA) is 26.7 Å². The van der Waals surface area contributed by atoms with Gasteiger partial charge in [0, 0.05) is 24.2 Å². The van der Waals surface area contributed by atoms with Gasteiger partial charge in [-0.15, -0.1) is 0 Å². The molecule has 15 heavy (non-hydrogen) atoms. The minimum Gasteiger partial charge on any atom is -0.390 e. The third-order valence-corrected chi connectivity index (χ3v) is 3.10. The Labute approximate surface area is 94.1 Å². The monoisotopic (exact) mass is 214 g/mol. The van der Waals surface area contributed by atoms with Crippen molar-refractivity contribution in [2.45, 2.75) is 58.7 Å². The lowest BCUT2D eigenvalue weighted by molar-refractivity contribution is -0.0772. The van der Waals surface area contributed by atoms with Gasteiger partial charge >= 0.3 is 0 Å². The molecule has 90 valence electrons. The summed E-state index contributed by atoms with van der Waals surface area (Å²) < 4.78 is 0. The van der Waals surface area contributed by atoms with Crippen LogP contribution in [-0.2, 0) is 0 Å². The summed E-state index contributed by atoms with van der Waals surface area (Å²) >= 11 is 0. The van der Waals surface area contributed by atoms with E-state index in [1.807, 2.05) is 0 Å². The Hall–Kier alpha value is -0.120. The molecule has 0 bridgehead atoms. The third kappa shape index (κ3) is 3.44. The van der Waals surface area contributed by atoms with Crippen LogP contribution in [0, 0.1) is 0 Å². The number of β-amino-alcohol motifs (C(OH)–C–C–N with tert-alkyl or cyclic N) is 1. The van der Waals surface area contributed by atoms with Gasteiger partial charge in [-0.3, -0.25) is 9.80 Å². The van der Waals surface area contributed by atoms with Crippen LogP contribution in [0.4, 0.5) is 0 Å². The number of hydrogen-bond acceptors (Lipinski definition) is 3. The molecule has 1 N–H and O–H groups in total. The molecule has 0 aliphatic carbocycles. The largest absolute Gasteiger partial charge is 0.390 e. The normalized spacial score (nSPS) is 23.4. The molecule has 0 aromatic heterocycles. The molecule has 0 amide bonds. The summed E-state index contributed by atoms with van der Waals surface area (Å²) in [7, 11) is 0. The van der Waals surface area contributed by atoms with Crippen molar-refractivity contribution in [3.63, 3.8) is 0 Å². The fourth-order valence-corrected chi connectivity index (χ4v) is 1.86. The van der Waals surface area contributed by atoms with E-state index in [9.17, 15) is 5.11 Å². The van der Waals surface area contributed by atoms with Crippen molar-refractivity contribution in [1.82, 2.24) is 9.80 Å². The van der Waals surface area contributed by atoms with Crippen LogP contribution in [0.25, 0.3) is 0 Å². The first-order chi connectivity index (χ1) is 6.60. The van der Waals surface area contributed by atoms with Crippen molar-refractivity contribution >= 4 is 0 Å². The first-order valence-electron chi connectivity index (χ1n) is 5.79. The summed E-state index contributed by atoms with van der Waals surface area (Å²) in [4.78, 5) is 4.68. The molecule has 1 fully saturated rings. The predicted molar refractivity (Wildman–Crippen MR) is 63.8 cm³/mol. The fourth-order valence-electron chi connectivity index (χ4n) is 1.86. The van der Waals surface area contributed by atoms with Crippen LogP contribution in [0.1, 0.15) is 41.5 Å². The molecule has 0 aromatic carbocycles. The summed E-state index contributed by atoms with van der Waals surface area (Å²) in [6.07, 6.45) is -0.225. The zero-order chi connectivity index (χ0) is 11.9. The second kappa shape index (κ2) is 4.04. The van der Waals surface area contributed by atoms with Gasteiger partial charge < -0.3 is 5.11 Å². The second-order valence-corrected chi connectivity index (χ2v) is 6.58. The Balaban J connectivity index is 2.73. The van der Waals surface area contributed by atoms with Crippen LogP contribution >= 0.6 is 0 Å². The lowest BCUT2D eigenvalue weighted by atomic mass is 10.0. The van der Waals surface area contributed by atoms with Gasteiger partial charge in [-0.2, -0.15) is 0 Å². The minimum atomic E-state index is -0.225. The Morgan fingerprint density at radius 1 is 0.867 bits per heavy atom. The van der Waals surface area contributed by atoms with Crippen LogP contribution in [0.3, 0.4) is 0 Å². The van der Waals surface area contributed by atoms with Crippen LogP contribution in [0.2, 0.25) is 0 Å². The summed E-state index contributed by atoms with van der Waals surface area (Å²) in [6.45, 7) is 15.7. The van der Waals surface area contributed by atoms with Gasteiger partial charge in [0.05, 0.1) is 12.8 Å². The molecule has 1 rings (SSSR count). The van der Waals surface area contributed by atoms with E-state index in [2.05, 4.69) is 51.3 Å². The summed E-state index contributed by atoms with van der Waals surface area (Å²) in [5, 5.41) is 9.89. The number of hydrogen-bond donors (Lipinski definition) is 1. The molecule has 0 aromatic rings. The van der Waals surface area contributed by atoms with Crippen LogP contribution < -0.4 is 0 Å². The number of rotatable bonds is 0. The second-order valence-electron chi connectivity index (χ2n) is 6.58. The van der Waals surface area contributed by atoms with E-state index in [-0.39, 0.29) is 17.2 Å². The van der Waals surface area contributed by atoms with Crippen LogP contribution in [0.5, 0.6) is 0 Å². The van der Waals surface area contributed by atoms with Gasteiger partial charge in [-0.05, 0) is 41.5 Å². The maximum Gasteiger partial charge on any atom is 0.0795 e. The van der Waals surface area contributed by atoms with Gasteiger partial charge in [-0.25, -0.2) is 0 Å². The third-order valence-electron chi connectivity index (χ3n) is 3.10. The molecule has 0 saturated carbocycles. The molecule has 0 radical (unpaired) electrons. The maximum absolute atomic E-state index is 9.89. The summed E-state index contributed by atoms with van der Waals surface area (Å²) in [6, 6.07) is 0. The van der Waals surface area contributed by atoms with Crippen molar-refractivity contribution in [1.29, 1.82) is 0 Å². The maximum atomic E-state index is 9.89. The smallest absolute Gasteiger partial charge is 0.0795 e. The molecule has 1 aliphatic heterocycles. The summed E-state index contributed by atoms with van der Waals surface area (Å²) in [5.41, 5.74) is 0.260. The predicted octanol–water partition coefficient (Wildman–Crippen LogP) is 1.52. The number of aliphatic hydroxyl groups is 1. The minimum absolute atomic E-state index is 0.130. The zero-order valence-electron chi connectivity index (χ0n) is 11.0. The molecule has 0 unspecified atom stereocenters. The van der Waals surface area contributed by atoms with Crippen molar-refractivity contribution < 1.29 is 5.11 Å². The molecule has 0 spiro atoms. The van der Waals surface area contributed by atoms with Crippen LogP contribution in [-0.4, -0.2) is 51.8 Å². The van der Waals surface area contributed by atoms with Crippen molar-refractivity contribution in [2.24, 2.45) is 0 Å². The number of nitrogens with zero attached hydrogens (tertiary/aromatic N) is 2. The Morgan fingerprint density at radius 2 is 1.20 bits per heavy atom. The molecular weight excluding hydrogens is 188 g/mol. The molecule has 1 saturated heterocycles. The first-order valence-corrected chi connectivity index (χ1v) is 5.79. The molecule has 1 aliphatic rings. The van der Waals surface area contributed by atoms with E-state index in [0.29, 0.717) is 0 Å². The average molecular weight is 214 g/mol. The van der Waals surface area contributed by atoms with E-state index in [4.69, 9.17) is 0 Å². The Kier molecular flexibility index (Phi) is 3.49. The van der Waals surface area contributed by atoms with Crippen molar-refractivity contribution in [2.75, 3.05) is 19.8 Å².